The van der Waals surface area contributed by atoms with Crippen LogP contribution in [0.4, 0.5) is 4.39 Å². The lowest BCUT2D eigenvalue weighted by Crippen LogP contribution is -2.42. The van der Waals surface area contributed by atoms with Gasteiger partial charge in [-0.15, -0.1) is 11.8 Å². The van der Waals surface area contributed by atoms with E-state index in [1.54, 1.807) is 31.1 Å². The molecule has 0 N–H and O–H groups in total. The van der Waals surface area contributed by atoms with E-state index in [2.05, 4.69) is 0 Å². The Labute approximate surface area is 150 Å². The fourth-order valence-corrected chi connectivity index (χ4v) is 4.10. The third-order valence-corrected chi connectivity index (χ3v) is 5.36. The summed E-state index contributed by atoms with van der Waals surface area (Å²) in [6.07, 6.45) is 0. The van der Waals surface area contributed by atoms with E-state index in [4.69, 9.17) is 0 Å². The molecule has 3 rings (SSSR count). The number of hydrogen-bond donors (Lipinski definition) is 0. The lowest BCUT2D eigenvalue weighted by Gasteiger charge is -2.33. The highest BCUT2D eigenvalue weighted by Crippen LogP contribution is 2.44. The average Bonchev–Trinajstić information content (AvgIpc) is 2.98. The van der Waals surface area contributed by atoms with E-state index in [0.717, 1.165) is 11.1 Å². The Hall–Kier alpha value is -2.34. The molecule has 2 aromatic rings. The molecule has 6 heteroatoms. The first-order valence-corrected chi connectivity index (χ1v) is 8.98. The predicted octanol–water partition coefficient (Wildman–Crippen LogP) is 3.23. The van der Waals surface area contributed by atoms with Gasteiger partial charge in [0.1, 0.15) is 17.2 Å². The highest BCUT2D eigenvalue weighted by atomic mass is 32.2. The van der Waals surface area contributed by atoms with E-state index in [1.165, 1.54) is 28.8 Å². The highest BCUT2D eigenvalue weighted by Gasteiger charge is 2.42. The van der Waals surface area contributed by atoms with E-state index in [-0.39, 0.29) is 23.0 Å². The van der Waals surface area contributed by atoms with Crippen molar-refractivity contribution in [2.45, 2.75) is 11.4 Å². The Morgan fingerprint density at radius 1 is 1.16 bits per heavy atom. The summed E-state index contributed by atoms with van der Waals surface area (Å²) in [5.74, 6) is -0.280. The van der Waals surface area contributed by atoms with E-state index < -0.39 is 6.04 Å². The summed E-state index contributed by atoms with van der Waals surface area (Å²) in [6, 6.07) is 14.7. The lowest BCUT2D eigenvalue weighted by atomic mass is 10.0. The van der Waals surface area contributed by atoms with E-state index in [0.29, 0.717) is 5.75 Å². The Balaban J connectivity index is 2.04. The van der Waals surface area contributed by atoms with Crippen molar-refractivity contribution in [2.24, 2.45) is 0 Å². The molecule has 4 nitrogen and oxygen atoms in total. The SMILES string of the molecule is CN(C)C(=O)[C@@H](c1ccccc1)N1C(=O)CS[C@@H]1c1ccc(F)cc1. The standard InChI is InChI=1S/C19H19FN2O2S/c1-21(2)18(24)17(13-6-4-3-5-7-13)22-16(23)12-25-19(22)14-8-10-15(20)11-9-14/h3-11,17,19H,12H2,1-2H3/t17-,19-/m1/s1. The second kappa shape index (κ2) is 7.27. The van der Waals surface area contributed by atoms with Crippen LogP contribution in [0.5, 0.6) is 0 Å². The number of benzene rings is 2. The van der Waals surface area contributed by atoms with Gasteiger partial charge >= 0.3 is 0 Å². The predicted molar refractivity (Wildman–Crippen MR) is 96.3 cm³/mol. The van der Waals surface area contributed by atoms with Gasteiger partial charge in [0.25, 0.3) is 0 Å². The molecule has 1 heterocycles. The van der Waals surface area contributed by atoms with Crippen molar-refractivity contribution in [3.05, 3.63) is 71.5 Å². The van der Waals surface area contributed by atoms with Crippen LogP contribution in [0.15, 0.2) is 54.6 Å². The van der Waals surface area contributed by atoms with Crippen molar-refractivity contribution >= 4 is 23.6 Å². The van der Waals surface area contributed by atoms with Gasteiger partial charge in [-0.25, -0.2) is 4.39 Å². The van der Waals surface area contributed by atoms with Gasteiger partial charge in [-0.1, -0.05) is 42.5 Å². The number of carbonyl (C=O) groups excluding carboxylic acids is 2. The molecule has 1 aliphatic rings. The summed E-state index contributed by atoms with van der Waals surface area (Å²) in [7, 11) is 3.36. The first-order chi connectivity index (χ1) is 12.0. The monoisotopic (exact) mass is 358 g/mol. The minimum Gasteiger partial charge on any atom is -0.347 e. The van der Waals surface area contributed by atoms with Crippen molar-refractivity contribution in [1.82, 2.24) is 9.80 Å². The molecule has 1 aliphatic heterocycles. The van der Waals surface area contributed by atoms with Gasteiger partial charge in [0.2, 0.25) is 11.8 Å². The molecule has 130 valence electrons. The molecule has 0 spiro atoms. The molecule has 0 aliphatic carbocycles. The minimum atomic E-state index is -0.700. The molecule has 25 heavy (non-hydrogen) atoms. The molecule has 0 bridgehead atoms. The lowest BCUT2D eigenvalue weighted by molar-refractivity contribution is -0.143. The Morgan fingerprint density at radius 2 is 1.80 bits per heavy atom. The number of amides is 2. The first kappa shape index (κ1) is 17.5. The summed E-state index contributed by atoms with van der Waals surface area (Å²) in [6.45, 7) is 0. The fraction of sp³-hybridized carbons (Fsp3) is 0.263. The van der Waals surface area contributed by atoms with Crippen LogP contribution in [0.2, 0.25) is 0 Å². The largest absolute Gasteiger partial charge is 0.347 e. The molecule has 0 radical (unpaired) electrons. The zero-order valence-corrected chi connectivity index (χ0v) is 14.9. The number of likely N-dealkylation sites (N-methyl/N-ethyl adjacent to an activating group) is 1. The molecular weight excluding hydrogens is 339 g/mol. The second-order valence-corrected chi connectivity index (χ2v) is 7.13. The van der Waals surface area contributed by atoms with Gasteiger partial charge in [0, 0.05) is 14.1 Å². The summed E-state index contributed by atoms with van der Waals surface area (Å²) in [4.78, 5) is 28.6. The van der Waals surface area contributed by atoms with Crippen molar-refractivity contribution in [3.8, 4) is 0 Å². The number of thioether (sulfide) groups is 1. The fourth-order valence-electron chi connectivity index (χ4n) is 2.90. The molecule has 2 atom stereocenters. The maximum absolute atomic E-state index is 13.3. The Kier molecular flexibility index (Phi) is 5.08. The van der Waals surface area contributed by atoms with Gasteiger partial charge in [-0.2, -0.15) is 0 Å². The van der Waals surface area contributed by atoms with Gasteiger partial charge < -0.3 is 9.80 Å². The molecule has 1 fully saturated rings. The summed E-state index contributed by atoms with van der Waals surface area (Å²) in [5, 5.41) is -0.317. The second-order valence-electron chi connectivity index (χ2n) is 6.06. The van der Waals surface area contributed by atoms with Gasteiger partial charge in [0.15, 0.2) is 0 Å². The zero-order chi connectivity index (χ0) is 18.0. The number of hydrogen-bond acceptors (Lipinski definition) is 3. The van der Waals surface area contributed by atoms with Gasteiger partial charge in [-0.05, 0) is 23.3 Å². The maximum atomic E-state index is 13.3. The van der Waals surface area contributed by atoms with Gasteiger partial charge in [-0.3, -0.25) is 9.59 Å². The third-order valence-electron chi connectivity index (χ3n) is 4.13. The van der Waals surface area contributed by atoms with Crippen molar-refractivity contribution in [1.29, 1.82) is 0 Å². The van der Waals surface area contributed by atoms with Crippen molar-refractivity contribution in [2.75, 3.05) is 19.8 Å². The van der Waals surface area contributed by atoms with Crippen LogP contribution in [-0.2, 0) is 9.59 Å². The van der Waals surface area contributed by atoms with E-state index >= 15 is 0 Å². The number of halogens is 1. The number of nitrogens with zero attached hydrogens (tertiary/aromatic N) is 2. The quantitative estimate of drug-likeness (QED) is 0.843. The van der Waals surface area contributed by atoms with E-state index in [1.807, 2.05) is 30.3 Å². The highest BCUT2D eigenvalue weighted by molar-refractivity contribution is 8.00. The minimum absolute atomic E-state index is 0.0941. The molecule has 0 saturated carbocycles. The Bertz CT molecular complexity index is 765. The molecule has 0 aromatic heterocycles. The first-order valence-electron chi connectivity index (χ1n) is 7.93. The summed E-state index contributed by atoms with van der Waals surface area (Å²) >= 11 is 1.45. The Morgan fingerprint density at radius 3 is 2.40 bits per heavy atom. The van der Waals surface area contributed by atoms with Crippen LogP contribution >= 0.6 is 11.8 Å². The number of carbonyl (C=O) groups is 2. The molecule has 2 amide bonds. The van der Waals surface area contributed by atoms with Crippen LogP contribution in [0.3, 0.4) is 0 Å². The van der Waals surface area contributed by atoms with E-state index in [9.17, 15) is 14.0 Å². The van der Waals surface area contributed by atoms with Gasteiger partial charge in [0.05, 0.1) is 5.75 Å². The molecule has 0 unspecified atom stereocenters. The normalized spacial score (nSPS) is 18.3. The van der Waals surface area contributed by atoms with Crippen LogP contribution < -0.4 is 0 Å². The average molecular weight is 358 g/mol. The molecule has 1 saturated heterocycles. The molecule has 2 aromatic carbocycles. The molecular formula is C19H19FN2O2S. The summed E-state index contributed by atoms with van der Waals surface area (Å²) < 4.78 is 13.3. The number of rotatable bonds is 4. The van der Waals surface area contributed by atoms with Crippen molar-refractivity contribution in [3.63, 3.8) is 0 Å². The topological polar surface area (TPSA) is 40.6 Å². The summed E-state index contributed by atoms with van der Waals surface area (Å²) in [5.41, 5.74) is 1.58. The smallest absolute Gasteiger partial charge is 0.249 e. The third kappa shape index (κ3) is 3.54. The van der Waals surface area contributed by atoms with Crippen LogP contribution in [0.25, 0.3) is 0 Å². The van der Waals surface area contributed by atoms with Crippen molar-refractivity contribution < 1.29 is 14.0 Å². The van der Waals surface area contributed by atoms with Crippen LogP contribution in [0.1, 0.15) is 22.5 Å². The zero-order valence-electron chi connectivity index (χ0n) is 14.1. The van der Waals surface area contributed by atoms with Crippen LogP contribution in [-0.4, -0.2) is 41.5 Å². The maximum Gasteiger partial charge on any atom is 0.249 e. The van der Waals surface area contributed by atoms with Crippen LogP contribution in [0, 0.1) is 5.82 Å².